The van der Waals surface area contributed by atoms with Gasteiger partial charge in [0.25, 0.3) is 0 Å². The second kappa shape index (κ2) is 8.99. The van der Waals surface area contributed by atoms with E-state index in [1.807, 2.05) is 5.57 Å². The number of hydrogen-bond acceptors (Lipinski definition) is 2. The maximum absolute atomic E-state index is 9.98. The Morgan fingerprint density at radius 1 is 1.07 bits per heavy atom. The van der Waals surface area contributed by atoms with Gasteiger partial charge in [-0.1, -0.05) is 25.0 Å². The first-order chi connectivity index (χ1) is 13.1. The van der Waals surface area contributed by atoms with Crippen molar-refractivity contribution in [3.8, 4) is 0 Å². The van der Waals surface area contributed by atoms with Crippen molar-refractivity contribution in [2.45, 2.75) is 103 Å². The maximum Gasteiger partial charge on any atom is 0.0543 e. The van der Waals surface area contributed by atoms with Crippen LogP contribution in [-0.4, -0.2) is 35.7 Å². The Labute approximate surface area is 167 Å². The van der Waals surface area contributed by atoms with Crippen LogP contribution in [0.1, 0.15) is 96.8 Å². The highest BCUT2D eigenvalue weighted by atomic mass is 16.3. The van der Waals surface area contributed by atoms with E-state index in [2.05, 4.69) is 17.9 Å². The summed E-state index contributed by atoms with van der Waals surface area (Å²) in [5.74, 6) is 2.58. The van der Waals surface area contributed by atoms with Gasteiger partial charge < -0.3 is 10.0 Å². The Bertz CT molecular complexity index is 508. The summed E-state index contributed by atoms with van der Waals surface area (Å²) in [5.41, 5.74) is 2.40. The Hall–Kier alpha value is -0.340. The fourth-order valence-electron chi connectivity index (χ4n) is 7.23. The monoisotopic (exact) mass is 373 g/mol. The molecule has 4 unspecified atom stereocenters. The number of aliphatic hydroxyl groups is 1. The average molecular weight is 374 g/mol. The SMILES string of the molecule is CC12CCC/C(=C\CC3CCC[C@H](O)C3)C1CCC2CCCN1CCCC1. The molecular formula is C25H43NO. The summed E-state index contributed by atoms with van der Waals surface area (Å²) in [5, 5.41) is 9.98. The van der Waals surface area contributed by atoms with Gasteiger partial charge in [0.15, 0.2) is 0 Å². The van der Waals surface area contributed by atoms with E-state index < -0.39 is 0 Å². The van der Waals surface area contributed by atoms with Crippen LogP contribution in [0.4, 0.5) is 0 Å². The molecule has 27 heavy (non-hydrogen) atoms. The molecule has 1 N–H and O–H groups in total. The lowest BCUT2D eigenvalue weighted by Gasteiger charge is -2.43. The molecule has 2 heteroatoms. The number of rotatable bonds is 6. The van der Waals surface area contributed by atoms with Crippen LogP contribution < -0.4 is 0 Å². The summed E-state index contributed by atoms with van der Waals surface area (Å²) in [7, 11) is 0. The molecule has 0 aromatic rings. The highest BCUT2D eigenvalue weighted by Gasteiger charge is 2.48. The molecule has 0 aromatic heterocycles. The molecule has 1 aliphatic heterocycles. The summed E-state index contributed by atoms with van der Waals surface area (Å²) < 4.78 is 0. The molecule has 2 nitrogen and oxygen atoms in total. The lowest BCUT2D eigenvalue weighted by Crippen LogP contribution is -2.33. The molecule has 3 aliphatic carbocycles. The molecule has 4 aliphatic rings. The normalized spacial score (nSPS) is 41.9. The summed E-state index contributed by atoms with van der Waals surface area (Å²) in [4.78, 5) is 2.69. The Kier molecular flexibility index (Phi) is 6.64. The molecular weight excluding hydrogens is 330 g/mol. The topological polar surface area (TPSA) is 23.5 Å². The average Bonchev–Trinajstić information content (AvgIpc) is 3.28. The van der Waals surface area contributed by atoms with Crippen LogP contribution in [-0.2, 0) is 0 Å². The molecule has 154 valence electrons. The van der Waals surface area contributed by atoms with Gasteiger partial charge in [0.05, 0.1) is 6.10 Å². The van der Waals surface area contributed by atoms with Crippen molar-refractivity contribution in [1.82, 2.24) is 4.90 Å². The van der Waals surface area contributed by atoms with Crippen LogP contribution in [0, 0.1) is 23.2 Å². The zero-order valence-electron chi connectivity index (χ0n) is 17.8. The molecule has 0 radical (unpaired) electrons. The lowest BCUT2D eigenvalue weighted by atomic mass is 9.62. The van der Waals surface area contributed by atoms with Crippen molar-refractivity contribution in [2.24, 2.45) is 23.2 Å². The fraction of sp³-hybridized carbons (Fsp3) is 0.920. The van der Waals surface area contributed by atoms with Crippen LogP contribution in [0.2, 0.25) is 0 Å². The van der Waals surface area contributed by atoms with Crippen LogP contribution in [0.3, 0.4) is 0 Å². The summed E-state index contributed by atoms with van der Waals surface area (Å²) in [6.45, 7) is 6.70. The van der Waals surface area contributed by atoms with Crippen LogP contribution >= 0.6 is 0 Å². The molecule has 3 saturated carbocycles. The van der Waals surface area contributed by atoms with E-state index in [9.17, 15) is 5.11 Å². The lowest BCUT2D eigenvalue weighted by molar-refractivity contribution is 0.101. The van der Waals surface area contributed by atoms with E-state index in [0.29, 0.717) is 5.41 Å². The maximum atomic E-state index is 9.98. The molecule has 0 aromatic carbocycles. The predicted octanol–water partition coefficient (Wildman–Crippen LogP) is 5.95. The fourth-order valence-corrected chi connectivity index (χ4v) is 7.23. The standard InChI is InChI=1S/C25H43NO/c1-25-15-5-8-21(12-11-20-7-4-10-23(27)19-20)24(25)14-13-22(25)9-6-18-26-16-2-3-17-26/h12,20,22-24,27H,2-11,13-19H2,1H3/b21-12+/t20?,22?,23-,24?,25?/m0/s1. The second-order valence-corrected chi connectivity index (χ2v) is 10.6. The first-order valence-electron chi connectivity index (χ1n) is 12.2. The van der Waals surface area contributed by atoms with Gasteiger partial charge in [-0.05, 0) is 126 Å². The number of fused-ring (bicyclic) bond motifs is 1. The van der Waals surface area contributed by atoms with Gasteiger partial charge in [-0.2, -0.15) is 0 Å². The third kappa shape index (κ3) is 4.64. The Morgan fingerprint density at radius 3 is 2.74 bits per heavy atom. The number of nitrogens with zero attached hydrogens (tertiary/aromatic N) is 1. The van der Waals surface area contributed by atoms with Crippen molar-refractivity contribution in [2.75, 3.05) is 19.6 Å². The number of allylic oxidation sites excluding steroid dienone is 2. The molecule has 5 atom stereocenters. The highest BCUT2D eigenvalue weighted by Crippen LogP contribution is 2.58. The number of aliphatic hydroxyl groups excluding tert-OH is 1. The molecule has 1 heterocycles. The first kappa shape index (κ1) is 20.0. The molecule has 0 amide bonds. The van der Waals surface area contributed by atoms with Crippen LogP contribution in [0.25, 0.3) is 0 Å². The summed E-state index contributed by atoms with van der Waals surface area (Å²) in [6, 6.07) is 0. The quantitative estimate of drug-likeness (QED) is 0.582. The molecule has 4 fully saturated rings. The molecule has 1 saturated heterocycles. The summed E-state index contributed by atoms with van der Waals surface area (Å²) in [6.07, 6.45) is 21.4. The molecule has 4 rings (SSSR count). The van der Waals surface area contributed by atoms with E-state index >= 15 is 0 Å². The van der Waals surface area contributed by atoms with Crippen molar-refractivity contribution < 1.29 is 5.11 Å². The number of hydrogen-bond donors (Lipinski definition) is 1. The molecule has 0 spiro atoms. The van der Waals surface area contributed by atoms with E-state index in [-0.39, 0.29) is 6.10 Å². The van der Waals surface area contributed by atoms with E-state index in [1.54, 1.807) is 0 Å². The van der Waals surface area contributed by atoms with E-state index in [0.717, 1.165) is 30.6 Å². The third-order valence-corrected chi connectivity index (χ3v) is 8.86. The van der Waals surface area contributed by atoms with Crippen LogP contribution in [0.5, 0.6) is 0 Å². The smallest absolute Gasteiger partial charge is 0.0543 e. The summed E-state index contributed by atoms with van der Waals surface area (Å²) >= 11 is 0. The predicted molar refractivity (Wildman–Crippen MR) is 114 cm³/mol. The Balaban J connectivity index is 1.31. The largest absolute Gasteiger partial charge is 0.393 e. The van der Waals surface area contributed by atoms with Crippen molar-refractivity contribution in [1.29, 1.82) is 0 Å². The molecule has 0 bridgehead atoms. The zero-order valence-corrected chi connectivity index (χ0v) is 17.8. The zero-order chi connectivity index (χ0) is 18.7. The van der Waals surface area contributed by atoms with Gasteiger partial charge >= 0.3 is 0 Å². The second-order valence-electron chi connectivity index (χ2n) is 10.6. The van der Waals surface area contributed by atoms with Gasteiger partial charge in [0, 0.05) is 0 Å². The van der Waals surface area contributed by atoms with Gasteiger partial charge in [-0.3, -0.25) is 0 Å². The van der Waals surface area contributed by atoms with Crippen LogP contribution in [0.15, 0.2) is 11.6 Å². The van der Waals surface area contributed by atoms with Crippen molar-refractivity contribution >= 4 is 0 Å². The highest BCUT2D eigenvalue weighted by molar-refractivity contribution is 5.18. The van der Waals surface area contributed by atoms with Gasteiger partial charge in [0.1, 0.15) is 0 Å². The van der Waals surface area contributed by atoms with E-state index in [4.69, 9.17) is 0 Å². The van der Waals surface area contributed by atoms with Gasteiger partial charge in [0.2, 0.25) is 0 Å². The first-order valence-corrected chi connectivity index (χ1v) is 12.2. The Morgan fingerprint density at radius 2 is 1.93 bits per heavy atom. The number of likely N-dealkylation sites (tertiary alicyclic amines) is 1. The third-order valence-electron chi connectivity index (χ3n) is 8.86. The van der Waals surface area contributed by atoms with E-state index in [1.165, 1.54) is 96.7 Å². The minimum atomic E-state index is -0.0229. The van der Waals surface area contributed by atoms with Crippen molar-refractivity contribution in [3.63, 3.8) is 0 Å². The van der Waals surface area contributed by atoms with Crippen molar-refractivity contribution in [3.05, 3.63) is 11.6 Å². The van der Waals surface area contributed by atoms with Gasteiger partial charge in [-0.15, -0.1) is 0 Å². The van der Waals surface area contributed by atoms with Gasteiger partial charge in [-0.25, -0.2) is 0 Å². The minimum Gasteiger partial charge on any atom is -0.393 e. The minimum absolute atomic E-state index is 0.0229.